The zero-order valence-corrected chi connectivity index (χ0v) is 17.0. The van der Waals surface area contributed by atoms with Gasteiger partial charge in [0.2, 0.25) is 0 Å². The number of pyridine rings is 1. The number of hydrogen-bond donors (Lipinski definition) is 2. The number of carbonyl (C=O) groups is 3. The number of methoxy groups -OCH3 is 1. The van der Waals surface area contributed by atoms with Gasteiger partial charge >= 0.3 is 6.03 Å². The van der Waals surface area contributed by atoms with Crippen molar-refractivity contribution in [3.63, 3.8) is 0 Å². The largest absolute Gasteiger partial charge is 0.497 e. The number of nitrogens with one attached hydrogen (secondary N) is 2. The van der Waals surface area contributed by atoms with E-state index < -0.39 is 17.5 Å². The number of aryl methyl sites for hydroxylation is 1. The second-order valence-electron chi connectivity index (χ2n) is 7.79. The van der Waals surface area contributed by atoms with Crippen molar-refractivity contribution in [3.8, 4) is 11.5 Å². The van der Waals surface area contributed by atoms with E-state index in [1.54, 1.807) is 23.1 Å². The van der Waals surface area contributed by atoms with Crippen LogP contribution < -0.4 is 20.1 Å². The molecular weight excluding hydrogens is 400 g/mol. The fourth-order valence-corrected chi connectivity index (χ4v) is 4.21. The minimum atomic E-state index is -1.44. The van der Waals surface area contributed by atoms with Crippen LogP contribution >= 0.6 is 0 Å². The molecule has 2 N–H and O–H groups in total. The average molecular weight is 420 g/mol. The van der Waals surface area contributed by atoms with E-state index >= 15 is 0 Å². The van der Waals surface area contributed by atoms with Crippen molar-refractivity contribution < 1.29 is 23.9 Å². The van der Waals surface area contributed by atoms with Gasteiger partial charge in [-0.3, -0.25) is 14.9 Å². The van der Waals surface area contributed by atoms with Crippen molar-refractivity contribution in [2.75, 3.05) is 20.3 Å². The van der Waals surface area contributed by atoms with Crippen LogP contribution in [0, 0.1) is 6.92 Å². The number of rotatable bonds is 4. The number of amides is 4. The highest BCUT2D eigenvalue weighted by atomic mass is 16.5. The lowest BCUT2D eigenvalue weighted by Gasteiger charge is -2.34. The third-order valence-corrected chi connectivity index (χ3v) is 5.83. The first-order chi connectivity index (χ1) is 14.9. The average Bonchev–Trinajstić information content (AvgIpc) is 3.22. The van der Waals surface area contributed by atoms with Gasteiger partial charge in [0.25, 0.3) is 11.8 Å². The Balaban J connectivity index is 1.52. The number of imide groups is 1. The molecule has 1 aromatic heterocycles. The molecule has 1 atom stereocenters. The van der Waals surface area contributed by atoms with Gasteiger partial charge in [-0.1, -0.05) is 6.07 Å². The summed E-state index contributed by atoms with van der Waals surface area (Å²) in [5.41, 5.74) is 1.83. The molecule has 0 radical (unpaired) electrons. The lowest BCUT2D eigenvalue weighted by atomic mass is 9.87. The Labute approximate surface area is 178 Å². The third kappa shape index (κ3) is 3.00. The van der Waals surface area contributed by atoms with E-state index in [9.17, 15) is 14.4 Å². The summed E-state index contributed by atoms with van der Waals surface area (Å²) in [5, 5.41) is 5.04. The maximum absolute atomic E-state index is 13.1. The standard InChI is InChI=1S/C22H20N4O5/c1-12-3-6-18-17(23-12)7-14(10-31-18)22(20(28)24-21(29)25-22)11-26-9-13-4-5-15(30-2)8-16(13)19(26)27/h3-8H,9-11H2,1-2H3,(H2,24,25,28,29)/t22-/m0/s1. The number of ether oxygens (including phenoxy) is 2. The Kier molecular flexibility index (Phi) is 4.21. The minimum absolute atomic E-state index is 0.0310. The van der Waals surface area contributed by atoms with E-state index in [0.29, 0.717) is 34.9 Å². The highest BCUT2D eigenvalue weighted by molar-refractivity contribution is 6.10. The zero-order valence-electron chi connectivity index (χ0n) is 17.0. The van der Waals surface area contributed by atoms with E-state index in [0.717, 1.165) is 11.3 Å². The predicted molar refractivity (Wildman–Crippen MR) is 110 cm³/mol. The van der Waals surface area contributed by atoms with E-state index in [1.807, 2.05) is 25.1 Å². The summed E-state index contributed by atoms with van der Waals surface area (Å²) in [7, 11) is 1.54. The Bertz CT molecular complexity index is 1170. The minimum Gasteiger partial charge on any atom is -0.497 e. The first-order valence-electron chi connectivity index (χ1n) is 9.81. The normalized spacial score (nSPS) is 21.7. The summed E-state index contributed by atoms with van der Waals surface area (Å²) in [5.74, 6) is 0.432. The van der Waals surface area contributed by atoms with Crippen molar-refractivity contribution in [1.82, 2.24) is 20.5 Å². The molecule has 9 heteroatoms. The molecule has 0 aliphatic carbocycles. The fraction of sp³-hybridized carbons (Fsp3) is 0.273. The highest BCUT2D eigenvalue weighted by Gasteiger charge is 2.52. The van der Waals surface area contributed by atoms with Crippen LogP contribution in [0.25, 0.3) is 6.08 Å². The fourth-order valence-electron chi connectivity index (χ4n) is 4.21. The van der Waals surface area contributed by atoms with Crippen LogP contribution in [0.1, 0.15) is 27.3 Å². The molecule has 1 saturated heterocycles. The Hall–Kier alpha value is -3.88. The molecule has 158 valence electrons. The van der Waals surface area contributed by atoms with Gasteiger partial charge in [0.15, 0.2) is 5.54 Å². The highest BCUT2D eigenvalue weighted by Crippen LogP contribution is 2.34. The van der Waals surface area contributed by atoms with Gasteiger partial charge < -0.3 is 19.7 Å². The number of benzene rings is 1. The molecule has 0 unspecified atom stereocenters. The van der Waals surface area contributed by atoms with Crippen LogP contribution in [-0.4, -0.2) is 53.5 Å². The lowest BCUT2D eigenvalue weighted by molar-refractivity contribution is -0.123. The molecule has 0 saturated carbocycles. The van der Waals surface area contributed by atoms with Crippen LogP contribution in [0.5, 0.6) is 11.5 Å². The molecule has 3 aliphatic heterocycles. The van der Waals surface area contributed by atoms with Crippen LogP contribution in [-0.2, 0) is 11.3 Å². The summed E-state index contributed by atoms with van der Waals surface area (Å²) < 4.78 is 11.0. The van der Waals surface area contributed by atoms with Crippen LogP contribution in [0.15, 0.2) is 35.9 Å². The maximum atomic E-state index is 13.1. The van der Waals surface area contributed by atoms with Gasteiger partial charge in [-0.05, 0) is 42.8 Å². The predicted octanol–water partition coefficient (Wildman–Crippen LogP) is 1.41. The summed E-state index contributed by atoms with van der Waals surface area (Å²) in [6, 6.07) is 8.35. The molecule has 9 nitrogen and oxygen atoms in total. The van der Waals surface area contributed by atoms with E-state index in [1.165, 1.54) is 7.11 Å². The Morgan fingerprint density at radius 1 is 1.23 bits per heavy atom. The maximum Gasteiger partial charge on any atom is 0.322 e. The molecule has 31 heavy (non-hydrogen) atoms. The van der Waals surface area contributed by atoms with E-state index in [-0.39, 0.29) is 19.1 Å². The number of aromatic nitrogens is 1. The molecule has 3 aliphatic rings. The topological polar surface area (TPSA) is 110 Å². The summed E-state index contributed by atoms with van der Waals surface area (Å²) in [6.45, 7) is 2.24. The van der Waals surface area contributed by atoms with Crippen molar-refractivity contribution in [2.45, 2.75) is 19.0 Å². The summed E-state index contributed by atoms with van der Waals surface area (Å²) >= 11 is 0. The van der Waals surface area contributed by atoms with E-state index in [2.05, 4.69) is 15.6 Å². The first kappa shape index (κ1) is 19.1. The summed E-state index contributed by atoms with van der Waals surface area (Å²) in [4.78, 5) is 44.2. The smallest absolute Gasteiger partial charge is 0.322 e. The first-order valence-corrected chi connectivity index (χ1v) is 9.81. The van der Waals surface area contributed by atoms with Crippen molar-refractivity contribution in [3.05, 3.63) is 58.4 Å². The second kappa shape index (κ2) is 6.83. The van der Waals surface area contributed by atoms with Gasteiger partial charge in [0.05, 0.1) is 13.7 Å². The zero-order chi connectivity index (χ0) is 21.8. The molecule has 5 rings (SSSR count). The van der Waals surface area contributed by atoms with Crippen molar-refractivity contribution >= 4 is 23.9 Å². The molecule has 4 amide bonds. The Morgan fingerprint density at radius 2 is 2.06 bits per heavy atom. The Morgan fingerprint density at radius 3 is 2.81 bits per heavy atom. The van der Waals surface area contributed by atoms with Crippen molar-refractivity contribution in [1.29, 1.82) is 0 Å². The number of nitrogens with zero attached hydrogens (tertiary/aromatic N) is 2. The van der Waals surface area contributed by atoms with Gasteiger partial charge in [-0.15, -0.1) is 0 Å². The number of fused-ring (bicyclic) bond motifs is 2. The van der Waals surface area contributed by atoms with Gasteiger partial charge in [-0.25, -0.2) is 9.78 Å². The monoisotopic (exact) mass is 420 g/mol. The van der Waals surface area contributed by atoms with Gasteiger partial charge in [-0.2, -0.15) is 0 Å². The molecular formula is C22H20N4O5. The van der Waals surface area contributed by atoms with Gasteiger partial charge in [0.1, 0.15) is 23.8 Å². The number of carbonyl (C=O) groups excluding carboxylic acids is 3. The molecule has 0 spiro atoms. The van der Waals surface area contributed by atoms with E-state index in [4.69, 9.17) is 9.47 Å². The van der Waals surface area contributed by atoms with Crippen molar-refractivity contribution in [2.24, 2.45) is 0 Å². The molecule has 1 aromatic carbocycles. The molecule has 0 bridgehead atoms. The molecule has 1 fully saturated rings. The van der Waals surface area contributed by atoms with Gasteiger partial charge in [0, 0.05) is 23.4 Å². The number of hydrogen-bond acceptors (Lipinski definition) is 6. The quantitative estimate of drug-likeness (QED) is 0.724. The molecule has 2 aromatic rings. The second-order valence-corrected chi connectivity index (χ2v) is 7.79. The SMILES string of the molecule is COc1ccc2c(c1)C(=O)N(C[C@@]1(C3=Cc4nc(C)ccc4OC3)NC(=O)NC1=O)C2. The number of urea groups is 1. The lowest BCUT2D eigenvalue weighted by Crippen LogP contribution is -2.57. The van der Waals surface area contributed by atoms with Crippen LogP contribution in [0.3, 0.4) is 0 Å². The molecule has 4 heterocycles. The van der Waals surface area contributed by atoms with Crippen LogP contribution in [0.4, 0.5) is 4.79 Å². The van der Waals surface area contributed by atoms with Crippen LogP contribution in [0.2, 0.25) is 0 Å². The summed E-state index contributed by atoms with van der Waals surface area (Å²) in [6.07, 6.45) is 1.76. The third-order valence-electron chi connectivity index (χ3n) is 5.83.